The lowest BCUT2D eigenvalue weighted by Crippen LogP contribution is -2.39. The van der Waals surface area contributed by atoms with Crippen molar-refractivity contribution in [1.82, 2.24) is 0 Å². The van der Waals surface area contributed by atoms with Crippen molar-refractivity contribution < 1.29 is 23.3 Å². The van der Waals surface area contributed by atoms with Crippen molar-refractivity contribution in [2.75, 3.05) is 6.61 Å². The smallest absolute Gasteiger partial charge is 0.190 e. The molecule has 32 heavy (non-hydrogen) atoms. The first-order valence-electron chi connectivity index (χ1n) is 11.0. The molecule has 2 saturated heterocycles. The van der Waals surface area contributed by atoms with E-state index in [1.807, 2.05) is 91.0 Å². The molecular weight excluding hydrogens is 407 g/mol. The van der Waals surface area contributed by atoms with Gasteiger partial charge in [-0.25, -0.2) is 4.39 Å². The highest BCUT2D eigenvalue weighted by molar-refractivity contribution is 5.47. The van der Waals surface area contributed by atoms with E-state index in [2.05, 4.69) is 0 Å². The lowest BCUT2D eigenvalue weighted by atomic mass is 9.80. The SMILES string of the molecule is CC1(C)O[C@@H]2O[C@H](COC(c3ccccc3)(c3ccccc3)c3ccccc3)[C@@H](F)[C@@H]2O1. The molecule has 0 aliphatic carbocycles. The highest BCUT2D eigenvalue weighted by atomic mass is 19.1. The van der Waals surface area contributed by atoms with Crippen LogP contribution in [0.15, 0.2) is 91.0 Å². The zero-order valence-electron chi connectivity index (χ0n) is 18.2. The molecule has 0 saturated carbocycles. The summed E-state index contributed by atoms with van der Waals surface area (Å²) in [5.41, 5.74) is 1.95. The van der Waals surface area contributed by atoms with Gasteiger partial charge >= 0.3 is 0 Å². The van der Waals surface area contributed by atoms with Crippen LogP contribution in [0.3, 0.4) is 0 Å². The number of rotatable bonds is 6. The van der Waals surface area contributed by atoms with Gasteiger partial charge in [-0.3, -0.25) is 0 Å². The molecule has 4 nitrogen and oxygen atoms in total. The first kappa shape index (κ1) is 21.3. The lowest BCUT2D eigenvalue weighted by Gasteiger charge is -2.37. The second-order valence-corrected chi connectivity index (χ2v) is 8.68. The minimum absolute atomic E-state index is 0.0417. The molecule has 5 heteroatoms. The minimum Gasteiger partial charge on any atom is -0.358 e. The average Bonchev–Trinajstić information content (AvgIpc) is 3.28. The van der Waals surface area contributed by atoms with Crippen LogP contribution in [-0.4, -0.2) is 37.1 Å². The van der Waals surface area contributed by atoms with Gasteiger partial charge in [-0.1, -0.05) is 91.0 Å². The molecule has 2 fully saturated rings. The Kier molecular flexibility index (Phi) is 5.59. The van der Waals surface area contributed by atoms with Crippen molar-refractivity contribution in [3.05, 3.63) is 108 Å². The maximum Gasteiger partial charge on any atom is 0.190 e. The summed E-state index contributed by atoms with van der Waals surface area (Å²) >= 11 is 0. The van der Waals surface area contributed by atoms with Crippen LogP contribution >= 0.6 is 0 Å². The molecule has 0 spiro atoms. The van der Waals surface area contributed by atoms with Crippen molar-refractivity contribution in [3.63, 3.8) is 0 Å². The molecule has 4 atom stereocenters. The lowest BCUT2D eigenvalue weighted by molar-refractivity contribution is -0.218. The van der Waals surface area contributed by atoms with E-state index < -0.39 is 36.1 Å². The van der Waals surface area contributed by atoms with E-state index in [4.69, 9.17) is 18.9 Å². The summed E-state index contributed by atoms with van der Waals surface area (Å²) in [5.74, 6) is -0.854. The maximum absolute atomic E-state index is 15.3. The first-order valence-corrected chi connectivity index (χ1v) is 11.0. The fourth-order valence-corrected chi connectivity index (χ4v) is 4.64. The summed E-state index contributed by atoms with van der Waals surface area (Å²) < 4.78 is 39.3. The van der Waals surface area contributed by atoms with Crippen LogP contribution in [0.4, 0.5) is 4.39 Å². The normalized spacial score (nSPS) is 26.7. The summed E-state index contributed by atoms with van der Waals surface area (Å²) in [6, 6.07) is 30.0. The van der Waals surface area contributed by atoms with Gasteiger partial charge in [-0.15, -0.1) is 0 Å². The van der Waals surface area contributed by atoms with Crippen LogP contribution in [0.2, 0.25) is 0 Å². The third-order valence-electron chi connectivity index (χ3n) is 6.07. The van der Waals surface area contributed by atoms with Crippen LogP contribution in [0.25, 0.3) is 0 Å². The van der Waals surface area contributed by atoms with Gasteiger partial charge in [0.05, 0.1) is 6.61 Å². The van der Waals surface area contributed by atoms with Gasteiger partial charge in [0, 0.05) is 0 Å². The van der Waals surface area contributed by atoms with Gasteiger partial charge in [0.25, 0.3) is 0 Å². The summed E-state index contributed by atoms with van der Waals surface area (Å²) in [7, 11) is 0. The largest absolute Gasteiger partial charge is 0.358 e. The third-order valence-corrected chi connectivity index (χ3v) is 6.07. The van der Waals surface area contributed by atoms with Gasteiger partial charge in [-0.05, 0) is 30.5 Å². The molecule has 0 N–H and O–H groups in total. The monoisotopic (exact) mass is 434 g/mol. The Labute approximate surface area is 187 Å². The zero-order valence-corrected chi connectivity index (χ0v) is 18.2. The summed E-state index contributed by atoms with van der Waals surface area (Å²) in [5, 5.41) is 0. The molecule has 0 bridgehead atoms. The standard InChI is InChI=1S/C27H27FO4/c1-26(2)31-24-23(28)22(30-25(24)32-26)18-29-27(19-12-6-3-7-13-19,20-14-8-4-9-15-20)21-16-10-5-11-17-21/h3-17,22-25H,18H2,1-2H3/t22-,23-,24+,25+/m1/s1. The van der Waals surface area contributed by atoms with Gasteiger partial charge in [-0.2, -0.15) is 0 Å². The fraction of sp³-hybridized carbons (Fsp3) is 0.333. The van der Waals surface area contributed by atoms with Crippen molar-refractivity contribution >= 4 is 0 Å². The average molecular weight is 435 g/mol. The van der Waals surface area contributed by atoms with E-state index >= 15 is 4.39 Å². The second-order valence-electron chi connectivity index (χ2n) is 8.68. The molecule has 2 aliphatic rings. The first-order chi connectivity index (χ1) is 15.5. The molecule has 2 aliphatic heterocycles. The molecule has 0 radical (unpaired) electrons. The predicted molar refractivity (Wildman–Crippen MR) is 119 cm³/mol. The fourth-order valence-electron chi connectivity index (χ4n) is 4.64. The Morgan fingerprint density at radius 2 is 1.25 bits per heavy atom. The van der Waals surface area contributed by atoms with E-state index in [1.165, 1.54) is 0 Å². The Bertz CT molecular complexity index is 929. The molecule has 5 rings (SSSR count). The van der Waals surface area contributed by atoms with Crippen LogP contribution in [0, 0.1) is 0 Å². The zero-order chi connectivity index (χ0) is 22.2. The highest BCUT2D eigenvalue weighted by Gasteiger charge is 2.56. The van der Waals surface area contributed by atoms with Crippen LogP contribution in [-0.2, 0) is 24.5 Å². The quantitative estimate of drug-likeness (QED) is 0.499. The summed E-state index contributed by atoms with van der Waals surface area (Å²) in [6.45, 7) is 3.57. The van der Waals surface area contributed by atoms with E-state index in [1.54, 1.807) is 13.8 Å². The molecule has 3 aromatic rings. The number of hydrogen-bond acceptors (Lipinski definition) is 4. The molecule has 0 amide bonds. The Morgan fingerprint density at radius 1 is 0.781 bits per heavy atom. The van der Waals surface area contributed by atoms with Crippen molar-refractivity contribution in [2.24, 2.45) is 0 Å². The van der Waals surface area contributed by atoms with Gasteiger partial charge < -0.3 is 18.9 Å². The van der Waals surface area contributed by atoms with Crippen molar-refractivity contribution in [1.29, 1.82) is 0 Å². The van der Waals surface area contributed by atoms with Crippen LogP contribution in [0.1, 0.15) is 30.5 Å². The van der Waals surface area contributed by atoms with E-state index in [0.29, 0.717) is 0 Å². The minimum atomic E-state index is -1.35. The third kappa shape index (κ3) is 3.76. The molecule has 0 aromatic heterocycles. The Hall–Kier alpha value is -2.57. The molecule has 2 heterocycles. The molecule has 3 aromatic carbocycles. The number of fused-ring (bicyclic) bond motifs is 1. The topological polar surface area (TPSA) is 36.9 Å². The molecule has 166 valence electrons. The number of hydrogen-bond donors (Lipinski definition) is 0. The highest BCUT2D eigenvalue weighted by Crippen LogP contribution is 2.43. The van der Waals surface area contributed by atoms with Crippen LogP contribution in [0.5, 0.6) is 0 Å². The van der Waals surface area contributed by atoms with Gasteiger partial charge in [0.2, 0.25) is 0 Å². The number of halogens is 1. The van der Waals surface area contributed by atoms with Crippen molar-refractivity contribution in [2.45, 2.75) is 49.9 Å². The second kappa shape index (κ2) is 8.41. The van der Waals surface area contributed by atoms with E-state index in [9.17, 15) is 0 Å². The van der Waals surface area contributed by atoms with Gasteiger partial charge in [0.1, 0.15) is 17.8 Å². The molecule has 0 unspecified atom stereocenters. The molecular formula is C27H27FO4. The van der Waals surface area contributed by atoms with Gasteiger partial charge in [0.15, 0.2) is 18.2 Å². The number of ether oxygens (including phenoxy) is 4. The summed E-state index contributed by atoms with van der Waals surface area (Å²) in [4.78, 5) is 0. The Balaban J connectivity index is 1.51. The van der Waals surface area contributed by atoms with E-state index in [0.717, 1.165) is 16.7 Å². The predicted octanol–water partition coefficient (Wildman–Crippen LogP) is 5.21. The maximum atomic E-state index is 15.3. The van der Waals surface area contributed by atoms with Crippen molar-refractivity contribution in [3.8, 4) is 0 Å². The van der Waals surface area contributed by atoms with Crippen LogP contribution < -0.4 is 0 Å². The van der Waals surface area contributed by atoms with E-state index in [-0.39, 0.29) is 6.61 Å². The summed E-state index contributed by atoms with van der Waals surface area (Å²) in [6.07, 6.45) is -3.62. The number of alkyl halides is 1. The Morgan fingerprint density at radius 3 is 1.69 bits per heavy atom. The number of benzene rings is 3.